The zero-order chi connectivity index (χ0) is 23.0. The Morgan fingerprint density at radius 1 is 1.16 bits per heavy atom. The number of carboxylic acids is 2. The van der Waals surface area contributed by atoms with Crippen LogP contribution in [0.25, 0.3) is 10.9 Å². The van der Waals surface area contributed by atoms with E-state index < -0.39 is 11.9 Å². The van der Waals surface area contributed by atoms with Gasteiger partial charge in [-0.15, -0.1) is 5.10 Å². The smallest absolute Gasteiger partial charge is 0.328 e. The maximum Gasteiger partial charge on any atom is 0.328 e. The lowest BCUT2D eigenvalue weighted by molar-refractivity contribution is -0.134. The van der Waals surface area contributed by atoms with Crippen LogP contribution in [0.1, 0.15) is 25.1 Å². The average Bonchev–Trinajstić information content (AvgIpc) is 2.97. The minimum absolute atomic E-state index is 0.459. The minimum atomic E-state index is -1.26. The van der Waals surface area contributed by atoms with Crippen molar-refractivity contribution in [1.29, 1.82) is 0 Å². The van der Waals surface area contributed by atoms with Crippen LogP contribution in [0.2, 0.25) is 0 Å². The first-order valence-electron chi connectivity index (χ1n) is 9.61. The number of nitrogens with two attached hydrogens (primary N) is 1. The van der Waals surface area contributed by atoms with E-state index in [9.17, 15) is 9.59 Å². The van der Waals surface area contributed by atoms with Crippen LogP contribution in [0.15, 0.2) is 48.7 Å². The topological polar surface area (TPSA) is 141 Å². The zero-order valence-electron chi connectivity index (χ0n) is 17.6. The molecule has 0 unspecified atom stereocenters. The van der Waals surface area contributed by atoms with Gasteiger partial charge < -0.3 is 25.3 Å². The number of carboxylic acid groups (broad SMARTS) is 2. The fraction of sp³-hybridized carbons (Fsp3) is 0.273. The van der Waals surface area contributed by atoms with Crippen molar-refractivity contribution in [3.05, 3.63) is 59.9 Å². The van der Waals surface area contributed by atoms with Crippen molar-refractivity contribution in [3.63, 3.8) is 0 Å². The number of benzene rings is 1. The molecule has 3 rings (SSSR count). The van der Waals surface area contributed by atoms with Gasteiger partial charge in [-0.1, -0.05) is 44.2 Å². The third-order valence-electron chi connectivity index (χ3n) is 4.28. The summed E-state index contributed by atoms with van der Waals surface area (Å²) in [5, 5.41) is 24.8. The van der Waals surface area contributed by atoms with Crippen molar-refractivity contribution in [1.82, 2.24) is 14.8 Å². The van der Waals surface area contributed by atoms with Crippen molar-refractivity contribution in [3.8, 4) is 5.88 Å². The third-order valence-corrected chi connectivity index (χ3v) is 4.28. The molecule has 1 aromatic carbocycles. The van der Waals surface area contributed by atoms with Crippen LogP contribution in [0.4, 0.5) is 5.69 Å². The molecular formula is C22H26N4O5. The molecular weight excluding hydrogens is 400 g/mol. The van der Waals surface area contributed by atoms with E-state index in [2.05, 4.69) is 28.6 Å². The van der Waals surface area contributed by atoms with Gasteiger partial charge in [0.25, 0.3) is 5.88 Å². The molecule has 0 spiro atoms. The minimum Gasteiger partial charge on any atom is -0.478 e. The molecule has 0 saturated heterocycles. The van der Waals surface area contributed by atoms with Gasteiger partial charge in [-0.2, -0.15) is 5.10 Å². The number of ether oxygens (including phenoxy) is 1. The van der Waals surface area contributed by atoms with E-state index in [1.165, 1.54) is 0 Å². The van der Waals surface area contributed by atoms with Crippen LogP contribution in [-0.4, -0.2) is 36.9 Å². The van der Waals surface area contributed by atoms with Crippen molar-refractivity contribution in [2.24, 2.45) is 5.92 Å². The van der Waals surface area contributed by atoms with E-state index in [0.29, 0.717) is 30.6 Å². The normalized spacial score (nSPS) is 10.8. The number of nitrogens with zero attached hydrogens (tertiary/aromatic N) is 3. The van der Waals surface area contributed by atoms with E-state index in [1.807, 2.05) is 37.3 Å². The van der Waals surface area contributed by atoms with E-state index >= 15 is 0 Å². The molecule has 31 heavy (non-hydrogen) atoms. The number of hydrogen-bond donors (Lipinski definition) is 3. The molecule has 4 N–H and O–H groups in total. The Morgan fingerprint density at radius 2 is 1.77 bits per heavy atom. The van der Waals surface area contributed by atoms with E-state index in [1.54, 1.807) is 6.20 Å². The number of rotatable bonds is 7. The monoisotopic (exact) mass is 426 g/mol. The molecule has 0 atom stereocenters. The highest BCUT2D eigenvalue weighted by molar-refractivity contribution is 5.95. The van der Waals surface area contributed by atoms with Gasteiger partial charge >= 0.3 is 11.9 Å². The average molecular weight is 426 g/mol. The molecule has 3 aromatic rings. The first-order valence-corrected chi connectivity index (χ1v) is 9.61. The largest absolute Gasteiger partial charge is 0.478 e. The standard InChI is InChI=1S/C18H22N4O.C4H4O4/c1-12(2)10-22-13(3)16(19)15-9-20-21-18(17(15)22)23-11-14-7-5-4-6-8-14;5-3(6)1-2-4(7)8/h4-9,12H,10-11,19H2,1-3H3;1-2H,(H,5,6)(H,7,8). The molecule has 9 heteroatoms. The second-order valence-corrected chi connectivity index (χ2v) is 7.20. The number of fused-ring (bicyclic) bond motifs is 1. The summed E-state index contributed by atoms with van der Waals surface area (Å²) in [6, 6.07) is 10.0. The Bertz CT molecular complexity index is 1060. The summed E-state index contributed by atoms with van der Waals surface area (Å²) < 4.78 is 8.13. The first kappa shape index (κ1) is 23.4. The van der Waals surface area contributed by atoms with E-state index in [0.717, 1.165) is 34.4 Å². The lowest BCUT2D eigenvalue weighted by Crippen LogP contribution is -2.08. The van der Waals surface area contributed by atoms with Crippen molar-refractivity contribution in [2.75, 3.05) is 5.73 Å². The lowest BCUT2D eigenvalue weighted by atomic mass is 10.2. The van der Waals surface area contributed by atoms with E-state index in [4.69, 9.17) is 20.7 Å². The molecule has 164 valence electrons. The molecule has 0 aliphatic rings. The van der Waals surface area contributed by atoms with Crippen LogP contribution in [-0.2, 0) is 22.7 Å². The number of aliphatic carboxylic acids is 2. The number of carbonyl (C=O) groups is 2. The summed E-state index contributed by atoms with van der Waals surface area (Å²) in [7, 11) is 0. The van der Waals surface area contributed by atoms with Gasteiger partial charge in [-0.3, -0.25) is 0 Å². The molecule has 0 aliphatic heterocycles. The summed E-state index contributed by atoms with van der Waals surface area (Å²) in [5.74, 6) is -1.48. The van der Waals surface area contributed by atoms with E-state index in [-0.39, 0.29) is 0 Å². The molecule has 2 aromatic heterocycles. The van der Waals surface area contributed by atoms with Gasteiger partial charge in [0.1, 0.15) is 12.1 Å². The molecule has 0 aliphatic carbocycles. The van der Waals surface area contributed by atoms with Crippen LogP contribution in [0, 0.1) is 12.8 Å². The Balaban J connectivity index is 0.000000366. The van der Waals surface area contributed by atoms with Crippen molar-refractivity contribution in [2.45, 2.75) is 33.9 Å². The highest BCUT2D eigenvalue weighted by atomic mass is 16.5. The maximum absolute atomic E-state index is 9.55. The van der Waals surface area contributed by atoms with Crippen molar-refractivity contribution >= 4 is 28.5 Å². The Hall–Kier alpha value is -3.88. The quantitative estimate of drug-likeness (QED) is 0.489. The summed E-state index contributed by atoms with van der Waals surface area (Å²) in [5.41, 5.74) is 10.1. The molecule has 0 amide bonds. The molecule has 0 radical (unpaired) electrons. The van der Waals surface area contributed by atoms with Gasteiger partial charge in [-0.05, 0) is 18.4 Å². The zero-order valence-corrected chi connectivity index (χ0v) is 17.6. The summed E-state index contributed by atoms with van der Waals surface area (Å²) in [6.07, 6.45) is 2.83. The maximum atomic E-state index is 9.55. The predicted octanol–water partition coefficient (Wildman–Crippen LogP) is 3.27. The summed E-state index contributed by atoms with van der Waals surface area (Å²) >= 11 is 0. The second-order valence-electron chi connectivity index (χ2n) is 7.20. The molecule has 0 bridgehead atoms. The first-order chi connectivity index (χ1) is 14.7. The van der Waals surface area contributed by atoms with Gasteiger partial charge in [0, 0.05) is 29.8 Å². The highest BCUT2D eigenvalue weighted by Crippen LogP contribution is 2.33. The summed E-state index contributed by atoms with van der Waals surface area (Å²) in [4.78, 5) is 19.1. The number of nitrogen functional groups attached to an aromatic ring is 1. The Labute approximate surface area is 179 Å². The van der Waals surface area contributed by atoms with Gasteiger partial charge in [0.15, 0.2) is 0 Å². The fourth-order valence-corrected chi connectivity index (χ4v) is 2.89. The highest BCUT2D eigenvalue weighted by Gasteiger charge is 2.18. The van der Waals surface area contributed by atoms with Crippen LogP contribution in [0.5, 0.6) is 5.88 Å². The number of aromatic nitrogens is 3. The molecule has 0 saturated carbocycles. The van der Waals surface area contributed by atoms with Crippen LogP contribution in [0.3, 0.4) is 0 Å². The molecule has 2 heterocycles. The fourth-order valence-electron chi connectivity index (χ4n) is 2.89. The second kappa shape index (κ2) is 10.8. The predicted molar refractivity (Wildman–Crippen MR) is 117 cm³/mol. The van der Waals surface area contributed by atoms with Gasteiger partial charge in [0.2, 0.25) is 0 Å². The summed E-state index contributed by atoms with van der Waals surface area (Å²) in [6.45, 7) is 7.72. The van der Waals surface area contributed by atoms with Gasteiger partial charge in [-0.25, -0.2) is 9.59 Å². The van der Waals surface area contributed by atoms with Crippen molar-refractivity contribution < 1.29 is 24.5 Å². The molecule has 9 nitrogen and oxygen atoms in total. The third kappa shape index (κ3) is 6.56. The van der Waals surface area contributed by atoms with Gasteiger partial charge in [0.05, 0.1) is 11.9 Å². The van der Waals surface area contributed by atoms with Crippen LogP contribution < -0.4 is 10.5 Å². The Morgan fingerprint density at radius 3 is 2.32 bits per heavy atom. The SMILES string of the molecule is Cc1c(N)c2cnnc(OCc3ccccc3)c2n1CC(C)C.O=C(O)C=CC(=O)O. The lowest BCUT2D eigenvalue weighted by Gasteiger charge is -2.13. The Kier molecular flexibility index (Phi) is 8.13. The molecule has 0 fully saturated rings. The number of hydrogen-bond acceptors (Lipinski definition) is 6. The van der Waals surface area contributed by atoms with Crippen LogP contribution >= 0.6 is 0 Å². The number of anilines is 1.